The highest BCUT2D eigenvalue weighted by Gasteiger charge is 2.32. The predicted octanol–water partition coefficient (Wildman–Crippen LogP) is 4.56. The summed E-state index contributed by atoms with van der Waals surface area (Å²) in [7, 11) is 0. The van der Waals surface area contributed by atoms with E-state index in [4.69, 9.17) is 4.74 Å². The van der Waals surface area contributed by atoms with Gasteiger partial charge in [-0.05, 0) is 46.1 Å². The number of hydrogen-bond acceptors (Lipinski definition) is 3. The molecule has 8 heteroatoms. The molecule has 2 rings (SSSR count). The van der Waals surface area contributed by atoms with Crippen molar-refractivity contribution in [3.63, 3.8) is 0 Å². The molecule has 1 amide bonds. The Balaban J connectivity index is 1.92. The van der Waals surface area contributed by atoms with E-state index in [2.05, 4.69) is 26.5 Å². The largest absolute Gasteiger partial charge is 0.483 e. The van der Waals surface area contributed by atoms with Crippen LogP contribution in [0.25, 0.3) is 0 Å². The Kier molecular flexibility index (Phi) is 6.79. The van der Waals surface area contributed by atoms with Crippen molar-refractivity contribution in [2.24, 2.45) is 5.10 Å². The van der Waals surface area contributed by atoms with Crippen molar-refractivity contribution < 1.29 is 22.7 Å². The molecule has 4 nitrogen and oxygen atoms in total. The summed E-state index contributed by atoms with van der Waals surface area (Å²) in [6, 6.07) is 10.5. The highest BCUT2D eigenvalue weighted by molar-refractivity contribution is 9.10. The van der Waals surface area contributed by atoms with Crippen LogP contribution in [0.3, 0.4) is 0 Å². The summed E-state index contributed by atoms with van der Waals surface area (Å²) in [5.74, 6) is -0.0963. The van der Waals surface area contributed by atoms with Crippen LogP contribution in [-0.2, 0) is 17.4 Å². The van der Waals surface area contributed by atoms with Gasteiger partial charge in [0.1, 0.15) is 5.75 Å². The second-order valence-electron chi connectivity index (χ2n) is 5.29. The van der Waals surface area contributed by atoms with Crippen molar-refractivity contribution in [2.75, 3.05) is 6.61 Å². The molecule has 0 atom stereocenters. The number of rotatable bonds is 6. The van der Waals surface area contributed by atoms with Crippen molar-refractivity contribution >= 4 is 28.1 Å². The summed E-state index contributed by atoms with van der Waals surface area (Å²) in [5, 5.41) is 3.56. The molecular weight excluding hydrogens is 413 g/mol. The molecular formula is C18H16BrF3N2O2. The highest BCUT2D eigenvalue weighted by Crippen LogP contribution is 2.31. The Hall–Kier alpha value is -2.35. The number of carbonyl (C=O) groups is 1. The van der Waals surface area contributed by atoms with Gasteiger partial charge in [-0.3, -0.25) is 4.79 Å². The molecule has 0 heterocycles. The van der Waals surface area contributed by atoms with Crippen LogP contribution < -0.4 is 10.2 Å². The van der Waals surface area contributed by atoms with Crippen LogP contribution in [0.4, 0.5) is 13.2 Å². The molecule has 2 aromatic carbocycles. The Labute approximate surface area is 157 Å². The molecule has 0 unspecified atom stereocenters. The molecule has 0 aromatic heterocycles. The molecule has 0 fully saturated rings. The first-order valence-corrected chi connectivity index (χ1v) is 8.50. The van der Waals surface area contributed by atoms with E-state index in [-0.39, 0.29) is 12.2 Å². The second kappa shape index (κ2) is 8.84. The fourth-order valence-corrected chi connectivity index (χ4v) is 2.64. The molecule has 1 N–H and O–H groups in total. The smallest absolute Gasteiger partial charge is 0.417 e. The summed E-state index contributed by atoms with van der Waals surface area (Å²) in [6.07, 6.45) is -2.67. The molecule has 0 aliphatic heterocycles. The monoisotopic (exact) mass is 428 g/mol. The van der Waals surface area contributed by atoms with E-state index in [1.165, 1.54) is 18.2 Å². The lowest BCUT2D eigenvalue weighted by atomic mass is 10.1. The molecule has 0 saturated carbocycles. The van der Waals surface area contributed by atoms with E-state index in [0.29, 0.717) is 10.2 Å². The first-order valence-electron chi connectivity index (χ1n) is 7.70. The third-order valence-electron chi connectivity index (χ3n) is 3.42. The van der Waals surface area contributed by atoms with Crippen LogP contribution in [0, 0.1) is 0 Å². The Morgan fingerprint density at radius 1 is 1.27 bits per heavy atom. The number of ether oxygens (including phenoxy) is 1. The number of halogens is 4. The van der Waals surface area contributed by atoms with Crippen LogP contribution in [0.15, 0.2) is 52.0 Å². The maximum absolute atomic E-state index is 12.9. The van der Waals surface area contributed by atoms with Crippen LogP contribution in [-0.4, -0.2) is 18.7 Å². The molecule has 0 spiro atoms. The Bertz CT molecular complexity index is 807. The molecule has 0 bridgehead atoms. The molecule has 0 radical (unpaired) electrons. The van der Waals surface area contributed by atoms with Gasteiger partial charge in [-0.25, -0.2) is 5.43 Å². The summed E-state index contributed by atoms with van der Waals surface area (Å²) in [5.41, 5.74) is 2.29. The highest BCUT2D eigenvalue weighted by atomic mass is 79.9. The van der Waals surface area contributed by atoms with Crippen LogP contribution in [0.2, 0.25) is 0 Å². The number of alkyl halides is 3. The minimum Gasteiger partial charge on any atom is -0.483 e. The molecule has 0 aliphatic rings. The number of carbonyl (C=O) groups excluding carboxylic acids is 1. The SMILES string of the molecule is CCc1ccc(OCC(=O)NN=Cc2ccccc2C(F)(F)F)c(Br)c1. The van der Waals surface area contributed by atoms with Gasteiger partial charge in [-0.1, -0.05) is 31.2 Å². The van der Waals surface area contributed by atoms with Crippen LogP contribution in [0.5, 0.6) is 5.75 Å². The third kappa shape index (κ3) is 5.59. The van der Waals surface area contributed by atoms with E-state index in [1.807, 2.05) is 19.1 Å². The van der Waals surface area contributed by atoms with E-state index in [1.54, 1.807) is 6.07 Å². The normalized spacial score (nSPS) is 11.6. The Morgan fingerprint density at radius 3 is 2.65 bits per heavy atom. The van der Waals surface area contributed by atoms with Gasteiger partial charge in [-0.2, -0.15) is 18.3 Å². The first-order chi connectivity index (χ1) is 12.3. The number of nitrogens with one attached hydrogen (secondary N) is 1. The van der Waals surface area contributed by atoms with E-state index >= 15 is 0 Å². The molecule has 2 aromatic rings. The number of hydrazone groups is 1. The average molecular weight is 429 g/mol. The fourth-order valence-electron chi connectivity index (χ4n) is 2.10. The van der Waals surface area contributed by atoms with Gasteiger partial charge in [0.05, 0.1) is 16.3 Å². The van der Waals surface area contributed by atoms with Gasteiger partial charge in [0.15, 0.2) is 6.61 Å². The van der Waals surface area contributed by atoms with Gasteiger partial charge in [0, 0.05) is 5.56 Å². The van der Waals surface area contributed by atoms with Crippen molar-refractivity contribution in [1.29, 1.82) is 0 Å². The zero-order valence-corrected chi connectivity index (χ0v) is 15.4. The quantitative estimate of drug-likeness (QED) is 0.541. The second-order valence-corrected chi connectivity index (χ2v) is 6.14. The average Bonchev–Trinajstić information content (AvgIpc) is 2.60. The first kappa shape index (κ1) is 20.0. The summed E-state index contributed by atoms with van der Waals surface area (Å²) >= 11 is 3.35. The molecule has 26 heavy (non-hydrogen) atoms. The number of hydrogen-bond donors (Lipinski definition) is 1. The summed E-state index contributed by atoms with van der Waals surface area (Å²) in [4.78, 5) is 11.7. The minimum atomic E-state index is -4.49. The van der Waals surface area contributed by atoms with Crippen molar-refractivity contribution in [3.05, 3.63) is 63.6 Å². The van der Waals surface area contributed by atoms with Gasteiger partial charge in [0.25, 0.3) is 5.91 Å². The van der Waals surface area contributed by atoms with Crippen LogP contribution >= 0.6 is 15.9 Å². The van der Waals surface area contributed by atoms with E-state index in [0.717, 1.165) is 24.3 Å². The maximum atomic E-state index is 12.9. The fraction of sp³-hybridized carbons (Fsp3) is 0.222. The number of benzene rings is 2. The standard InChI is InChI=1S/C18H16BrF3N2O2/c1-2-12-7-8-16(15(19)9-12)26-11-17(25)24-23-10-13-5-3-4-6-14(13)18(20,21)22/h3-10H,2,11H2,1H3,(H,24,25). The van der Waals surface area contributed by atoms with E-state index in [9.17, 15) is 18.0 Å². The molecule has 0 saturated heterocycles. The zero-order valence-electron chi connectivity index (χ0n) is 13.8. The van der Waals surface area contributed by atoms with Gasteiger partial charge in [0.2, 0.25) is 0 Å². The maximum Gasteiger partial charge on any atom is 0.417 e. The molecule has 0 aliphatic carbocycles. The van der Waals surface area contributed by atoms with Crippen LogP contribution in [0.1, 0.15) is 23.6 Å². The topological polar surface area (TPSA) is 50.7 Å². The van der Waals surface area contributed by atoms with Gasteiger partial charge >= 0.3 is 6.18 Å². The minimum absolute atomic E-state index is 0.140. The Morgan fingerprint density at radius 2 is 2.00 bits per heavy atom. The predicted molar refractivity (Wildman–Crippen MR) is 96.2 cm³/mol. The summed E-state index contributed by atoms with van der Waals surface area (Å²) in [6.45, 7) is 1.70. The lowest BCUT2D eigenvalue weighted by Crippen LogP contribution is -2.24. The third-order valence-corrected chi connectivity index (χ3v) is 4.04. The molecule has 138 valence electrons. The number of aryl methyl sites for hydroxylation is 1. The van der Waals surface area contributed by atoms with Crippen molar-refractivity contribution in [2.45, 2.75) is 19.5 Å². The van der Waals surface area contributed by atoms with Crippen molar-refractivity contribution in [3.8, 4) is 5.75 Å². The zero-order chi connectivity index (χ0) is 19.2. The lowest BCUT2D eigenvalue weighted by Gasteiger charge is -2.09. The number of nitrogens with zero attached hydrogens (tertiary/aromatic N) is 1. The lowest BCUT2D eigenvalue weighted by molar-refractivity contribution is -0.137. The number of amides is 1. The van der Waals surface area contributed by atoms with Gasteiger partial charge in [-0.15, -0.1) is 0 Å². The summed E-state index contributed by atoms with van der Waals surface area (Å²) < 4.78 is 44.7. The van der Waals surface area contributed by atoms with Gasteiger partial charge < -0.3 is 4.74 Å². The van der Waals surface area contributed by atoms with Crippen molar-refractivity contribution in [1.82, 2.24) is 5.43 Å². The van der Waals surface area contributed by atoms with E-state index < -0.39 is 17.6 Å².